The molecule has 0 aliphatic carbocycles. The molecule has 2 N–H and O–H groups in total. The van der Waals surface area contributed by atoms with Crippen LogP contribution >= 0.6 is 0 Å². The Morgan fingerprint density at radius 3 is 2.29 bits per heavy atom. The number of hydrogen-bond acceptors (Lipinski definition) is 1. The second-order valence-electron chi connectivity index (χ2n) is 5.87. The van der Waals surface area contributed by atoms with Crippen molar-refractivity contribution in [2.45, 2.75) is 53.5 Å². The summed E-state index contributed by atoms with van der Waals surface area (Å²) in [6.45, 7) is 11.2. The normalized spacial score (nSPS) is 15.0. The van der Waals surface area contributed by atoms with Crippen molar-refractivity contribution in [2.75, 3.05) is 0 Å². The maximum absolute atomic E-state index is 6.34. The molecule has 17 heavy (non-hydrogen) atoms. The molecule has 0 heterocycles. The third-order valence-electron chi connectivity index (χ3n) is 3.58. The number of nitrogens with two attached hydrogens (primary N) is 1. The standard InChI is InChI=1S/C16H27N/c1-11(2)9-12(3)10-16(17)15-8-6-7-13(4)14(15)5/h6-8,11-12,16H,9-10,17H2,1-5H3. The Balaban J connectivity index is 2.69. The van der Waals surface area contributed by atoms with Gasteiger partial charge in [0, 0.05) is 6.04 Å². The summed E-state index contributed by atoms with van der Waals surface area (Å²) >= 11 is 0. The quantitative estimate of drug-likeness (QED) is 0.802. The summed E-state index contributed by atoms with van der Waals surface area (Å²) in [6, 6.07) is 6.63. The van der Waals surface area contributed by atoms with Gasteiger partial charge in [0.15, 0.2) is 0 Å². The summed E-state index contributed by atoms with van der Waals surface area (Å²) in [5.74, 6) is 1.46. The van der Waals surface area contributed by atoms with Crippen LogP contribution in [0.1, 0.15) is 56.3 Å². The predicted octanol–water partition coefficient (Wildman–Crippen LogP) is 4.38. The Hall–Kier alpha value is -0.820. The Kier molecular flexibility index (Phi) is 5.20. The van der Waals surface area contributed by atoms with Crippen LogP contribution < -0.4 is 5.73 Å². The van der Waals surface area contributed by atoms with E-state index in [1.807, 2.05) is 0 Å². The SMILES string of the molecule is Cc1cccc(C(N)CC(C)CC(C)C)c1C. The second kappa shape index (κ2) is 6.20. The third-order valence-corrected chi connectivity index (χ3v) is 3.58. The molecule has 1 heteroatoms. The van der Waals surface area contributed by atoms with Crippen molar-refractivity contribution in [3.8, 4) is 0 Å². The van der Waals surface area contributed by atoms with E-state index in [0.29, 0.717) is 5.92 Å². The molecule has 0 saturated carbocycles. The predicted molar refractivity (Wildman–Crippen MR) is 76.1 cm³/mol. The van der Waals surface area contributed by atoms with E-state index < -0.39 is 0 Å². The van der Waals surface area contributed by atoms with Crippen LogP contribution in [0.4, 0.5) is 0 Å². The van der Waals surface area contributed by atoms with Crippen LogP contribution in [0.25, 0.3) is 0 Å². The van der Waals surface area contributed by atoms with E-state index in [4.69, 9.17) is 5.73 Å². The average Bonchev–Trinajstić information content (AvgIpc) is 2.20. The van der Waals surface area contributed by atoms with E-state index in [1.54, 1.807) is 0 Å². The molecule has 0 saturated heterocycles. The molecule has 1 aromatic rings. The Morgan fingerprint density at radius 1 is 1.06 bits per heavy atom. The summed E-state index contributed by atoms with van der Waals surface area (Å²) in [5.41, 5.74) is 10.4. The summed E-state index contributed by atoms with van der Waals surface area (Å²) in [4.78, 5) is 0. The fourth-order valence-electron chi connectivity index (χ4n) is 2.64. The van der Waals surface area contributed by atoms with Gasteiger partial charge < -0.3 is 5.73 Å². The molecule has 0 spiro atoms. The molecule has 1 rings (SSSR count). The fraction of sp³-hybridized carbons (Fsp3) is 0.625. The Bertz CT molecular complexity index is 355. The molecule has 2 atom stereocenters. The highest BCUT2D eigenvalue weighted by Crippen LogP contribution is 2.26. The highest BCUT2D eigenvalue weighted by atomic mass is 14.6. The first-order valence-electron chi connectivity index (χ1n) is 6.73. The van der Waals surface area contributed by atoms with Crippen molar-refractivity contribution in [1.29, 1.82) is 0 Å². The molecule has 0 aliphatic heterocycles. The summed E-state index contributed by atoms with van der Waals surface area (Å²) < 4.78 is 0. The molecular formula is C16H27N. The van der Waals surface area contributed by atoms with E-state index >= 15 is 0 Å². The van der Waals surface area contributed by atoms with Gasteiger partial charge in [-0.15, -0.1) is 0 Å². The van der Waals surface area contributed by atoms with Crippen LogP contribution in [0.5, 0.6) is 0 Å². The van der Waals surface area contributed by atoms with Gasteiger partial charge in [0.2, 0.25) is 0 Å². The molecule has 0 fully saturated rings. The van der Waals surface area contributed by atoms with Crippen molar-refractivity contribution in [2.24, 2.45) is 17.6 Å². The zero-order chi connectivity index (χ0) is 13.0. The maximum Gasteiger partial charge on any atom is 0.0300 e. The first-order chi connectivity index (χ1) is 7.91. The molecule has 0 bridgehead atoms. The molecule has 0 aliphatic rings. The highest BCUT2D eigenvalue weighted by Gasteiger charge is 2.14. The number of benzene rings is 1. The van der Waals surface area contributed by atoms with Crippen LogP contribution in [0.15, 0.2) is 18.2 Å². The third kappa shape index (κ3) is 4.16. The highest BCUT2D eigenvalue weighted by molar-refractivity contribution is 5.35. The zero-order valence-corrected chi connectivity index (χ0v) is 12.0. The summed E-state index contributed by atoms with van der Waals surface area (Å²) in [6.07, 6.45) is 2.35. The van der Waals surface area contributed by atoms with Crippen molar-refractivity contribution in [3.05, 3.63) is 34.9 Å². The lowest BCUT2D eigenvalue weighted by Gasteiger charge is -2.21. The number of rotatable bonds is 5. The van der Waals surface area contributed by atoms with Gasteiger partial charge in [-0.05, 0) is 55.2 Å². The van der Waals surface area contributed by atoms with Gasteiger partial charge in [0.05, 0.1) is 0 Å². The van der Waals surface area contributed by atoms with Crippen LogP contribution in [0, 0.1) is 25.7 Å². The average molecular weight is 233 g/mol. The molecular weight excluding hydrogens is 206 g/mol. The topological polar surface area (TPSA) is 26.0 Å². The van der Waals surface area contributed by atoms with Crippen molar-refractivity contribution >= 4 is 0 Å². The van der Waals surface area contributed by atoms with Crippen molar-refractivity contribution in [3.63, 3.8) is 0 Å². The first-order valence-corrected chi connectivity index (χ1v) is 6.73. The molecule has 0 aromatic heterocycles. The lowest BCUT2D eigenvalue weighted by atomic mass is 9.88. The molecule has 96 valence electrons. The van der Waals surface area contributed by atoms with Gasteiger partial charge >= 0.3 is 0 Å². The maximum atomic E-state index is 6.34. The molecule has 1 nitrogen and oxygen atoms in total. The molecule has 1 aromatic carbocycles. The summed E-state index contributed by atoms with van der Waals surface area (Å²) in [7, 11) is 0. The van der Waals surface area contributed by atoms with Gasteiger partial charge in [-0.3, -0.25) is 0 Å². The molecule has 0 radical (unpaired) electrons. The molecule has 2 unspecified atom stereocenters. The van der Waals surface area contributed by atoms with Gasteiger partial charge in [-0.25, -0.2) is 0 Å². The van der Waals surface area contributed by atoms with Crippen molar-refractivity contribution < 1.29 is 0 Å². The number of aryl methyl sites for hydroxylation is 1. The zero-order valence-electron chi connectivity index (χ0n) is 12.0. The van der Waals surface area contributed by atoms with Crippen LogP contribution in [0.2, 0.25) is 0 Å². The van der Waals surface area contributed by atoms with Gasteiger partial charge in [-0.1, -0.05) is 39.0 Å². The Morgan fingerprint density at radius 2 is 1.71 bits per heavy atom. The fourth-order valence-corrected chi connectivity index (χ4v) is 2.64. The largest absolute Gasteiger partial charge is 0.324 e. The lowest BCUT2D eigenvalue weighted by Crippen LogP contribution is -2.16. The first kappa shape index (κ1) is 14.2. The van der Waals surface area contributed by atoms with Crippen LogP contribution in [-0.4, -0.2) is 0 Å². The van der Waals surface area contributed by atoms with E-state index in [0.717, 1.165) is 12.3 Å². The van der Waals surface area contributed by atoms with Crippen LogP contribution in [0.3, 0.4) is 0 Å². The minimum absolute atomic E-state index is 0.184. The number of hydrogen-bond donors (Lipinski definition) is 1. The van der Waals surface area contributed by atoms with Crippen LogP contribution in [-0.2, 0) is 0 Å². The smallest absolute Gasteiger partial charge is 0.0300 e. The Labute approximate surface area is 106 Å². The monoisotopic (exact) mass is 233 g/mol. The van der Waals surface area contributed by atoms with E-state index in [2.05, 4.69) is 52.8 Å². The molecule has 0 amide bonds. The van der Waals surface area contributed by atoms with E-state index in [1.165, 1.54) is 23.1 Å². The van der Waals surface area contributed by atoms with Gasteiger partial charge in [0.1, 0.15) is 0 Å². The summed E-state index contributed by atoms with van der Waals surface area (Å²) in [5, 5.41) is 0. The van der Waals surface area contributed by atoms with Gasteiger partial charge in [0.25, 0.3) is 0 Å². The lowest BCUT2D eigenvalue weighted by molar-refractivity contribution is 0.387. The minimum Gasteiger partial charge on any atom is -0.324 e. The van der Waals surface area contributed by atoms with Crippen molar-refractivity contribution in [1.82, 2.24) is 0 Å². The van der Waals surface area contributed by atoms with Gasteiger partial charge in [-0.2, -0.15) is 0 Å². The van der Waals surface area contributed by atoms with E-state index in [-0.39, 0.29) is 6.04 Å². The van der Waals surface area contributed by atoms with E-state index in [9.17, 15) is 0 Å². The minimum atomic E-state index is 0.184. The second-order valence-corrected chi connectivity index (χ2v) is 5.87.